The minimum atomic E-state index is -0.612. The van der Waals surface area contributed by atoms with Crippen molar-refractivity contribution in [2.24, 2.45) is 0 Å². The van der Waals surface area contributed by atoms with Crippen molar-refractivity contribution in [1.82, 2.24) is 10.3 Å². The highest BCUT2D eigenvalue weighted by atomic mass is 16.6. The molecule has 0 atom stereocenters. The second kappa shape index (κ2) is 7.61. The zero-order chi connectivity index (χ0) is 18.4. The van der Waals surface area contributed by atoms with Crippen LogP contribution in [0.3, 0.4) is 0 Å². The predicted molar refractivity (Wildman–Crippen MR) is 96.5 cm³/mol. The summed E-state index contributed by atoms with van der Waals surface area (Å²) in [4.78, 5) is 15.9. The standard InChI is InChI=1S/C19H21N3O3/c1-19(2,3)25-18(24)22-12-16(13-8-10-21-11-9-13)17(20)14-4-6-15(23)7-5-14/h4-12,20,23H,1-3H3,(H,22,24)/b16-12-,20-17?. The van der Waals surface area contributed by atoms with E-state index in [2.05, 4.69) is 10.3 Å². The fourth-order valence-corrected chi connectivity index (χ4v) is 2.05. The average Bonchev–Trinajstić information content (AvgIpc) is 2.55. The highest BCUT2D eigenvalue weighted by Crippen LogP contribution is 2.20. The fourth-order valence-electron chi connectivity index (χ4n) is 2.05. The first-order valence-electron chi connectivity index (χ1n) is 7.75. The van der Waals surface area contributed by atoms with Gasteiger partial charge in [-0.25, -0.2) is 4.79 Å². The molecule has 6 nitrogen and oxygen atoms in total. The Balaban J connectivity index is 2.30. The van der Waals surface area contributed by atoms with E-state index in [1.807, 2.05) is 0 Å². The Labute approximate surface area is 146 Å². The summed E-state index contributed by atoms with van der Waals surface area (Å²) in [6.45, 7) is 5.33. The zero-order valence-corrected chi connectivity index (χ0v) is 14.4. The highest BCUT2D eigenvalue weighted by molar-refractivity contribution is 6.30. The van der Waals surface area contributed by atoms with Crippen LogP contribution in [0.2, 0.25) is 0 Å². The maximum atomic E-state index is 11.9. The van der Waals surface area contributed by atoms with E-state index in [-0.39, 0.29) is 11.5 Å². The summed E-state index contributed by atoms with van der Waals surface area (Å²) in [5.41, 5.74) is 1.41. The minimum Gasteiger partial charge on any atom is -0.508 e. The summed E-state index contributed by atoms with van der Waals surface area (Å²) in [5.74, 6) is 0.123. The molecule has 3 N–H and O–H groups in total. The van der Waals surface area contributed by atoms with Crippen LogP contribution in [0, 0.1) is 5.41 Å². The number of phenolic OH excluding ortho intramolecular Hbond substituents is 1. The van der Waals surface area contributed by atoms with Crippen molar-refractivity contribution in [2.45, 2.75) is 26.4 Å². The Hall–Kier alpha value is -3.15. The lowest BCUT2D eigenvalue weighted by Crippen LogP contribution is -2.30. The number of phenols is 1. The molecule has 1 heterocycles. The highest BCUT2D eigenvalue weighted by Gasteiger charge is 2.16. The molecular weight excluding hydrogens is 318 g/mol. The van der Waals surface area contributed by atoms with E-state index in [9.17, 15) is 9.90 Å². The minimum absolute atomic E-state index is 0.123. The third-order valence-corrected chi connectivity index (χ3v) is 3.15. The number of rotatable bonds is 4. The van der Waals surface area contributed by atoms with Crippen molar-refractivity contribution in [2.75, 3.05) is 0 Å². The molecule has 0 bridgehead atoms. The van der Waals surface area contributed by atoms with E-state index in [1.54, 1.807) is 57.4 Å². The SMILES string of the molecule is CC(C)(C)OC(=O)N/C=C(\C(=N)c1ccc(O)cc1)c1ccncc1. The van der Waals surface area contributed by atoms with Gasteiger partial charge in [0.05, 0.1) is 5.71 Å². The largest absolute Gasteiger partial charge is 0.508 e. The van der Waals surface area contributed by atoms with Gasteiger partial charge in [-0.2, -0.15) is 0 Å². The molecule has 1 aromatic carbocycles. The average molecular weight is 339 g/mol. The third kappa shape index (κ3) is 5.46. The number of allylic oxidation sites excluding steroid dienone is 1. The molecule has 0 unspecified atom stereocenters. The van der Waals surface area contributed by atoms with Crippen LogP contribution in [0.15, 0.2) is 55.0 Å². The van der Waals surface area contributed by atoms with E-state index in [1.165, 1.54) is 18.3 Å². The number of amides is 1. The lowest BCUT2D eigenvalue weighted by Gasteiger charge is -2.19. The summed E-state index contributed by atoms with van der Waals surface area (Å²) in [6, 6.07) is 9.79. The first-order chi connectivity index (χ1) is 11.8. The van der Waals surface area contributed by atoms with E-state index in [0.717, 1.165) is 5.56 Å². The molecule has 0 aliphatic rings. The lowest BCUT2D eigenvalue weighted by molar-refractivity contribution is 0.0552. The number of hydrogen-bond donors (Lipinski definition) is 3. The number of aromatic hydroxyl groups is 1. The first kappa shape index (κ1) is 18.2. The molecule has 1 aromatic heterocycles. The van der Waals surface area contributed by atoms with Gasteiger partial charge in [-0.15, -0.1) is 0 Å². The molecule has 0 saturated heterocycles. The molecule has 6 heteroatoms. The molecule has 0 spiro atoms. The second-order valence-corrected chi connectivity index (χ2v) is 6.36. The Morgan fingerprint density at radius 3 is 2.28 bits per heavy atom. The zero-order valence-electron chi connectivity index (χ0n) is 14.4. The number of carbonyl (C=O) groups excluding carboxylic acids is 1. The molecule has 0 aliphatic carbocycles. The number of pyridine rings is 1. The van der Waals surface area contributed by atoms with Crippen LogP contribution >= 0.6 is 0 Å². The van der Waals surface area contributed by atoms with Crippen LogP contribution in [0.5, 0.6) is 5.75 Å². The van der Waals surface area contributed by atoms with Crippen molar-refractivity contribution in [3.63, 3.8) is 0 Å². The number of ether oxygens (including phenoxy) is 1. The maximum Gasteiger partial charge on any atom is 0.411 e. The number of aromatic nitrogens is 1. The fraction of sp³-hybridized carbons (Fsp3) is 0.211. The summed E-state index contributed by atoms with van der Waals surface area (Å²) < 4.78 is 5.21. The van der Waals surface area contributed by atoms with E-state index in [4.69, 9.17) is 10.1 Å². The topological polar surface area (TPSA) is 95.3 Å². The van der Waals surface area contributed by atoms with Crippen molar-refractivity contribution in [1.29, 1.82) is 5.41 Å². The number of carbonyl (C=O) groups is 1. The molecule has 0 saturated carbocycles. The van der Waals surface area contributed by atoms with Crippen molar-refractivity contribution >= 4 is 17.4 Å². The molecular formula is C19H21N3O3. The van der Waals surface area contributed by atoms with Gasteiger partial charge >= 0.3 is 6.09 Å². The Bertz CT molecular complexity index is 776. The molecule has 25 heavy (non-hydrogen) atoms. The predicted octanol–water partition coefficient (Wildman–Crippen LogP) is 3.72. The van der Waals surface area contributed by atoms with Gasteiger partial charge in [0.2, 0.25) is 0 Å². The molecule has 2 aromatic rings. The van der Waals surface area contributed by atoms with E-state index in [0.29, 0.717) is 11.1 Å². The Morgan fingerprint density at radius 1 is 1.12 bits per heavy atom. The monoisotopic (exact) mass is 339 g/mol. The smallest absolute Gasteiger partial charge is 0.411 e. The Kier molecular flexibility index (Phi) is 5.54. The van der Waals surface area contributed by atoms with E-state index < -0.39 is 11.7 Å². The summed E-state index contributed by atoms with van der Waals surface area (Å²) >= 11 is 0. The summed E-state index contributed by atoms with van der Waals surface area (Å²) in [6.07, 6.45) is 4.07. The van der Waals surface area contributed by atoms with Crippen LogP contribution < -0.4 is 5.32 Å². The molecule has 0 radical (unpaired) electrons. The number of benzene rings is 1. The summed E-state index contributed by atoms with van der Waals surface area (Å²) in [5, 5.41) is 20.4. The quantitative estimate of drug-likeness (QED) is 0.740. The third-order valence-electron chi connectivity index (χ3n) is 3.15. The van der Waals surface area contributed by atoms with Crippen LogP contribution in [0.1, 0.15) is 31.9 Å². The number of alkyl carbamates (subject to hydrolysis) is 1. The molecule has 1 amide bonds. The van der Waals surface area contributed by atoms with Gasteiger partial charge in [0.1, 0.15) is 11.4 Å². The van der Waals surface area contributed by atoms with Gasteiger partial charge in [0.15, 0.2) is 0 Å². The van der Waals surface area contributed by atoms with Crippen LogP contribution in [0.25, 0.3) is 5.57 Å². The van der Waals surface area contributed by atoms with Gasteiger partial charge in [0, 0.05) is 29.7 Å². The number of nitrogens with one attached hydrogen (secondary N) is 2. The van der Waals surface area contributed by atoms with Gasteiger partial charge in [-0.1, -0.05) is 0 Å². The second-order valence-electron chi connectivity index (χ2n) is 6.36. The van der Waals surface area contributed by atoms with Crippen molar-refractivity contribution in [3.05, 3.63) is 66.1 Å². The molecule has 0 fully saturated rings. The van der Waals surface area contributed by atoms with Crippen LogP contribution in [-0.2, 0) is 4.74 Å². The van der Waals surface area contributed by atoms with Gasteiger partial charge in [-0.3, -0.25) is 15.7 Å². The van der Waals surface area contributed by atoms with Crippen molar-refractivity contribution < 1.29 is 14.6 Å². The number of hydrogen-bond acceptors (Lipinski definition) is 5. The first-order valence-corrected chi connectivity index (χ1v) is 7.75. The van der Waals surface area contributed by atoms with Crippen LogP contribution in [-0.4, -0.2) is 27.5 Å². The molecule has 2 rings (SSSR count). The van der Waals surface area contributed by atoms with Crippen molar-refractivity contribution in [3.8, 4) is 5.75 Å². The van der Waals surface area contributed by atoms with Crippen LogP contribution in [0.4, 0.5) is 4.79 Å². The number of nitrogens with zero attached hydrogens (tertiary/aromatic N) is 1. The maximum absolute atomic E-state index is 11.9. The van der Waals surface area contributed by atoms with E-state index >= 15 is 0 Å². The molecule has 0 aliphatic heterocycles. The summed E-state index contributed by atoms with van der Waals surface area (Å²) in [7, 11) is 0. The van der Waals surface area contributed by atoms with Gasteiger partial charge in [0.25, 0.3) is 0 Å². The normalized spacial score (nSPS) is 11.7. The molecule has 130 valence electrons. The van der Waals surface area contributed by atoms with Gasteiger partial charge in [-0.05, 0) is 62.7 Å². The lowest BCUT2D eigenvalue weighted by atomic mass is 9.97. The van der Waals surface area contributed by atoms with Gasteiger partial charge < -0.3 is 9.84 Å². The Morgan fingerprint density at radius 2 is 1.72 bits per heavy atom.